The molecule has 0 aliphatic carbocycles. The summed E-state index contributed by atoms with van der Waals surface area (Å²) in [6, 6.07) is 2.20. The van der Waals surface area contributed by atoms with E-state index in [9.17, 15) is 4.79 Å². The molecule has 0 bridgehead atoms. The zero-order valence-electron chi connectivity index (χ0n) is 9.95. The molecule has 1 saturated heterocycles. The zero-order valence-corrected chi connectivity index (χ0v) is 9.95. The maximum Gasteiger partial charge on any atom is 0.230 e. The van der Waals surface area contributed by atoms with Crippen molar-refractivity contribution in [2.75, 3.05) is 18.4 Å². The molecule has 0 spiro atoms. The Hall–Kier alpha value is -1.36. The Morgan fingerprint density at radius 1 is 1.56 bits per heavy atom. The standard InChI is InChI=1S/C11H18N4O/c1-11(2,3)10(16)14-9-4-5-13-15(9)8-6-12-7-8/h4-5,8,12H,6-7H2,1-3H3,(H,14,16). The van der Waals surface area contributed by atoms with Crippen LogP contribution in [0.25, 0.3) is 0 Å². The summed E-state index contributed by atoms with van der Waals surface area (Å²) in [4.78, 5) is 11.8. The van der Waals surface area contributed by atoms with Crippen LogP contribution in [0.15, 0.2) is 12.3 Å². The second-order valence-corrected chi connectivity index (χ2v) is 5.18. The highest BCUT2D eigenvalue weighted by atomic mass is 16.2. The maximum atomic E-state index is 11.8. The number of carbonyl (C=O) groups excluding carboxylic acids is 1. The van der Waals surface area contributed by atoms with Crippen LogP contribution in [0.5, 0.6) is 0 Å². The fourth-order valence-electron chi connectivity index (χ4n) is 1.45. The summed E-state index contributed by atoms with van der Waals surface area (Å²) in [6.07, 6.45) is 1.72. The Labute approximate surface area is 95.2 Å². The molecule has 1 aliphatic heterocycles. The van der Waals surface area contributed by atoms with E-state index in [1.165, 1.54) is 0 Å². The Morgan fingerprint density at radius 3 is 2.75 bits per heavy atom. The number of anilines is 1. The number of nitrogens with zero attached hydrogens (tertiary/aromatic N) is 2. The van der Waals surface area contributed by atoms with Gasteiger partial charge in [-0.05, 0) is 0 Å². The van der Waals surface area contributed by atoms with Crippen molar-refractivity contribution in [1.29, 1.82) is 0 Å². The number of carbonyl (C=O) groups is 1. The Morgan fingerprint density at radius 2 is 2.25 bits per heavy atom. The van der Waals surface area contributed by atoms with Gasteiger partial charge in [-0.15, -0.1) is 0 Å². The van der Waals surface area contributed by atoms with Crippen molar-refractivity contribution >= 4 is 11.7 Å². The maximum absolute atomic E-state index is 11.8. The quantitative estimate of drug-likeness (QED) is 0.785. The number of rotatable bonds is 2. The van der Waals surface area contributed by atoms with Crippen LogP contribution in [0.4, 0.5) is 5.82 Å². The molecule has 0 atom stereocenters. The van der Waals surface area contributed by atoms with E-state index in [-0.39, 0.29) is 11.3 Å². The number of hydrogen-bond donors (Lipinski definition) is 2. The van der Waals surface area contributed by atoms with Crippen molar-refractivity contribution in [2.24, 2.45) is 5.41 Å². The van der Waals surface area contributed by atoms with Crippen LogP contribution in [-0.2, 0) is 4.79 Å². The van der Waals surface area contributed by atoms with Crippen LogP contribution in [0.3, 0.4) is 0 Å². The molecule has 0 aromatic carbocycles. The van der Waals surface area contributed by atoms with Crippen molar-refractivity contribution in [3.05, 3.63) is 12.3 Å². The summed E-state index contributed by atoms with van der Waals surface area (Å²) < 4.78 is 1.88. The van der Waals surface area contributed by atoms with Gasteiger partial charge in [0, 0.05) is 24.6 Å². The minimum absolute atomic E-state index is 0.0153. The SMILES string of the molecule is CC(C)(C)C(=O)Nc1ccnn1C1CNC1. The van der Waals surface area contributed by atoms with Gasteiger partial charge < -0.3 is 10.6 Å². The van der Waals surface area contributed by atoms with Crippen LogP contribution in [-0.4, -0.2) is 28.8 Å². The lowest BCUT2D eigenvalue weighted by Gasteiger charge is -2.29. The molecule has 1 aliphatic rings. The molecular formula is C11H18N4O. The number of aromatic nitrogens is 2. The molecule has 2 N–H and O–H groups in total. The van der Waals surface area contributed by atoms with Crippen LogP contribution < -0.4 is 10.6 Å². The summed E-state index contributed by atoms with van der Waals surface area (Å²) in [5, 5.41) is 10.3. The van der Waals surface area contributed by atoms with Gasteiger partial charge >= 0.3 is 0 Å². The van der Waals surface area contributed by atoms with E-state index in [2.05, 4.69) is 15.7 Å². The molecule has 0 unspecified atom stereocenters. The van der Waals surface area contributed by atoms with Crippen molar-refractivity contribution in [3.63, 3.8) is 0 Å². The van der Waals surface area contributed by atoms with Gasteiger partial charge in [-0.1, -0.05) is 20.8 Å². The first-order chi connectivity index (χ1) is 7.48. The van der Waals surface area contributed by atoms with E-state index in [0.717, 1.165) is 18.9 Å². The first-order valence-corrected chi connectivity index (χ1v) is 5.54. The third-order valence-electron chi connectivity index (χ3n) is 2.70. The largest absolute Gasteiger partial charge is 0.312 e. The van der Waals surface area contributed by atoms with E-state index < -0.39 is 0 Å². The molecule has 0 saturated carbocycles. The van der Waals surface area contributed by atoms with E-state index in [1.54, 1.807) is 6.20 Å². The van der Waals surface area contributed by atoms with E-state index in [0.29, 0.717) is 6.04 Å². The number of amides is 1. The average Bonchev–Trinajstić information content (AvgIpc) is 2.48. The highest BCUT2D eigenvalue weighted by Gasteiger charge is 2.25. The molecular weight excluding hydrogens is 204 g/mol. The van der Waals surface area contributed by atoms with Gasteiger partial charge in [0.15, 0.2) is 0 Å². The molecule has 2 rings (SSSR count). The summed E-state index contributed by atoms with van der Waals surface area (Å²) in [5.74, 6) is 0.799. The van der Waals surface area contributed by atoms with Gasteiger partial charge in [-0.2, -0.15) is 5.10 Å². The molecule has 16 heavy (non-hydrogen) atoms. The summed E-state index contributed by atoms with van der Waals surface area (Å²) in [6.45, 7) is 7.52. The molecule has 1 amide bonds. The Bertz CT molecular complexity index is 387. The van der Waals surface area contributed by atoms with Crippen molar-refractivity contribution < 1.29 is 4.79 Å². The third-order valence-corrected chi connectivity index (χ3v) is 2.70. The van der Waals surface area contributed by atoms with Gasteiger partial charge in [0.2, 0.25) is 5.91 Å². The molecule has 5 nitrogen and oxygen atoms in total. The molecule has 1 aromatic rings. The van der Waals surface area contributed by atoms with E-state index >= 15 is 0 Å². The van der Waals surface area contributed by atoms with Crippen LogP contribution in [0.1, 0.15) is 26.8 Å². The fraction of sp³-hybridized carbons (Fsp3) is 0.636. The number of hydrogen-bond acceptors (Lipinski definition) is 3. The zero-order chi connectivity index (χ0) is 11.8. The van der Waals surface area contributed by atoms with Gasteiger partial charge in [0.1, 0.15) is 5.82 Å². The van der Waals surface area contributed by atoms with Gasteiger partial charge in [0.25, 0.3) is 0 Å². The molecule has 1 aromatic heterocycles. The third kappa shape index (κ3) is 2.09. The highest BCUT2D eigenvalue weighted by Crippen LogP contribution is 2.20. The summed E-state index contributed by atoms with van der Waals surface area (Å²) >= 11 is 0. The predicted octanol–water partition coefficient (Wildman–Crippen LogP) is 1.01. The minimum Gasteiger partial charge on any atom is -0.312 e. The van der Waals surface area contributed by atoms with Gasteiger partial charge in [-0.25, -0.2) is 4.68 Å². The van der Waals surface area contributed by atoms with Crippen LogP contribution >= 0.6 is 0 Å². The Balaban J connectivity index is 2.09. The smallest absolute Gasteiger partial charge is 0.230 e. The normalized spacial score (nSPS) is 16.9. The monoisotopic (exact) mass is 222 g/mol. The van der Waals surface area contributed by atoms with Crippen molar-refractivity contribution in [3.8, 4) is 0 Å². The minimum atomic E-state index is -0.382. The molecule has 2 heterocycles. The van der Waals surface area contributed by atoms with Crippen LogP contribution in [0, 0.1) is 5.41 Å². The molecule has 5 heteroatoms. The topological polar surface area (TPSA) is 59.0 Å². The summed E-state index contributed by atoms with van der Waals surface area (Å²) in [5.41, 5.74) is -0.382. The first-order valence-electron chi connectivity index (χ1n) is 5.54. The fourth-order valence-corrected chi connectivity index (χ4v) is 1.45. The lowest BCUT2D eigenvalue weighted by atomic mass is 9.96. The van der Waals surface area contributed by atoms with Crippen molar-refractivity contribution in [1.82, 2.24) is 15.1 Å². The van der Waals surface area contributed by atoms with E-state index in [4.69, 9.17) is 0 Å². The number of nitrogens with one attached hydrogen (secondary N) is 2. The van der Waals surface area contributed by atoms with Crippen molar-refractivity contribution in [2.45, 2.75) is 26.8 Å². The summed E-state index contributed by atoms with van der Waals surface area (Å²) in [7, 11) is 0. The van der Waals surface area contributed by atoms with Gasteiger partial charge in [0.05, 0.1) is 12.2 Å². The second-order valence-electron chi connectivity index (χ2n) is 5.18. The molecule has 1 fully saturated rings. The predicted molar refractivity (Wildman–Crippen MR) is 62.2 cm³/mol. The van der Waals surface area contributed by atoms with E-state index in [1.807, 2.05) is 31.5 Å². The lowest BCUT2D eigenvalue weighted by Crippen LogP contribution is -2.44. The second kappa shape index (κ2) is 3.90. The lowest BCUT2D eigenvalue weighted by molar-refractivity contribution is -0.123. The van der Waals surface area contributed by atoms with Crippen LogP contribution in [0.2, 0.25) is 0 Å². The first kappa shape index (κ1) is 11.1. The molecule has 0 radical (unpaired) electrons. The van der Waals surface area contributed by atoms with Gasteiger partial charge in [-0.3, -0.25) is 4.79 Å². The highest BCUT2D eigenvalue weighted by molar-refractivity contribution is 5.93. The Kier molecular flexibility index (Phi) is 2.71. The molecule has 88 valence electrons. The average molecular weight is 222 g/mol.